The molecule has 3 amide bonds. The molecule has 0 saturated carbocycles. The zero-order valence-corrected chi connectivity index (χ0v) is 17.8. The van der Waals surface area contributed by atoms with Crippen LogP contribution in [-0.4, -0.2) is 42.8 Å². The molecule has 0 spiro atoms. The first-order chi connectivity index (χ1) is 14.4. The fourth-order valence-corrected chi connectivity index (χ4v) is 3.56. The molecular formula is C21H21Cl2N3O4. The Morgan fingerprint density at radius 2 is 1.60 bits per heavy atom. The molecule has 0 radical (unpaired) electrons. The number of halogens is 2. The molecule has 1 heterocycles. The predicted molar refractivity (Wildman–Crippen MR) is 114 cm³/mol. The SMILES string of the molecule is COc1ccc(Cl)cc1C(=O)NNC(=O)C1CCN(C(=O)c2ccc(Cl)cc2)CC1. The van der Waals surface area contributed by atoms with Crippen molar-refractivity contribution in [3.05, 3.63) is 63.6 Å². The van der Waals surface area contributed by atoms with Gasteiger partial charge in [-0.1, -0.05) is 23.2 Å². The molecule has 7 nitrogen and oxygen atoms in total. The highest BCUT2D eigenvalue weighted by Crippen LogP contribution is 2.23. The van der Waals surface area contributed by atoms with Gasteiger partial charge in [-0.15, -0.1) is 0 Å². The van der Waals surface area contributed by atoms with E-state index in [-0.39, 0.29) is 23.3 Å². The number of ether oxygens (including phenoxy) is 1. The highest BCUT2D eigenvalue weighted by atomic mass is 35.5. The van der Waals surface area contributed by atoms with Gasteiger partial charge in [-0.25, -0.2) is 0 Å². The quantitative estimate of drug-likeness (QED) is 0.700. The van der Waals surface area contributed by atoms with Crippen LogP contribution in [0.1, 0.15) is 33.6 Å². The van der Waals surface area contributed by atoms with Gasteiger partial charge in [0.15, 0.2) is 0 Å². The molecule has 2 N–H and O–H groups in total. The van der Waals surface area contributed by atoms with Crippen LogP contribution in [0, 0.1) is 5.92 Å². The molecule has 1 saturated heterocycles. The lowest BCUT2D eigenvalue weighted by Gasteiger charge is -2.31. The van der Waals surface area contributed by atoms with Crippen molar-refractivity contribution in [3.63, 3.8) is 0 Å². The van der Waals surface area contributed by atoms with Crippen molar-refractivity contribution in [1.29, 1.82) is 0 Å². The fraction of sp³-hybridized carbons (Fsp3) is 0.286. The first-order valence-corrected chi connectivity index (χ1v) is 10.1. The van der Waals surface area contributed by atoms with E-state index < -0.39 is 5.91 Å². The van der Waals surface area contributed by atoms with Crippen LogP contribution in [-0.2, 0) is 4.79 Å². The van der Waals surface area contributed by atoms with Crippen molar-refractivity contribution in [1.82, 2.24) is 15.8 Å². The summed E-state index contributed by atoms with van der Waals surface area (Å²) in [5.41, 5.74) is 5.62. The van der Waals surface area contributed by atoms with Gasteiger partial charge in [0.25, 0.3) is 11.8 Å². The number of rotatable bonds is 4. The molecule has 2 aromatic rings. The number of likely N-dealkylation sites (tertiary alicyclic amines) is 1. The van der Waals surface area contributed by atoms with Crippen LogP contribution >= 0.6 is 23.2 Å². The average molecular weight is 450 g/mol. The van der Waals surface area contributed by atoms with E-state index in [4.69, 9.17) is 27.9 Å². The largest absolute Gasteiger partial charge is 0.496 e. The van der Waals surface area contributed by atoms with E-state index in [2.05, 4.69) is 10.9 Å². The van der Waals surface area contributed by atoms with E-state index in [0.717, 1.165) is 0 Å². The highest BCUT2D eigenvalue weighted by molar-refractivity contribution is 6.31. The number of piperidine rings is 1. The number of methoxy groups -OCH3 is 1. The number of nitrogens with zero attached hydrogens (tertiary/aromatic N) is 1. The van der Waals surface area contributed by atoms with E-state index in [9.17, 15) is 14.4 Å². The first kappa shape index (κ1) is 21.9. The molecule has 2 aromatic carbocycles. The summed E-state index contributed by atoms with van der Waals surface area (Å²) < 4.78 is 5.14. The summed E-state index contributed by atoms with van der Waals surface area (Å²) in [4.78, 5) is 39.1. The van der Waals surface area contributed by atoms with E-state index in [1.807, 2.05) is 0 Å². The van der Waals surface area contributed by atoms with Crippen LogP contribution < -0.4 is 15.6 Å². The van der Waals surface area contributed by atoms with Crippen molar-refractivity contribution in [2.45, 2.75) is 12.8 Å². The van der Waals surface area contributed by atoms with Gasteiger partial charge in [-0.05, 0) is 55.3 Å². The van der Waals surface area contributed by atoms with Crippen LogP contribution in [0.15, 0.2) is 42.5 Å². The topological polar surface area (TPSA) is 87.7 Å². The second-order valence-electron chi connectivity index (χ2n) is 6.86. The molecule has 1 aliphatic heterocycles. The first-order valence-electron chi connectivity index (χ1n) is 9.37. The van der Waals surface area contributed by atoms with Gasteiger partial charge in [-0.3, -0.25) is 25.2 Å². The Hall–Kier alpha value is -2.77. The number of benzene rings is 2. The van der Waals surface area contributed by atoms with Crippen molar-refractivity contribution < 1.29 is 19.1 Å². The highest BCUT2D eigenvalue weighted by Gasteiger charge is 2.28. The number of hydrogen-bond donors (Lipinski definition) is 2. The second kappa shape index (κ2) is 9.82. The Morgan fingerprint density at radius 1 is 0.967 bits per heavy atom. The molecule has 158 valence electrons. The second-order valence-corrected chi connectivity index (χ2v) is 7.73. The Balaban J connectivity index is 1.51. The van der Waals surface area contributed by atoms with Crippen LogP contribution in [0.5, 0.6) is 5.75 Å². The zero-order chi connectivity index (χ0) is 21.7. The summed E-state index contributed by atoms with van der Waals surface area (Å²) >= 11 is 11.8. The van der Waals surface area contributed by atoms with Gasteiger partial charge in [0.05, 0.1) is 12.7 Å². The smallest absolute Gasteiger partial charge is 0.273 e. The van der Waals surface area contributed by atoms with Gasteiger partial charge in [0.2, 0.25) is 5.91 Å². The van der Waals surface area contributed by atoms with Crippen LogP contribution in [0.2, 0.25) is 10.0 Å². The Bertz CT molecular complexity index is 942. The van der Waals surface area contributed by atoms with E-state index in [1.165, 1.54) is 13.2 Å². The molecule has 0 atom stereocenters. The fourth-order valence-electron chi connectivity index (χ4n) is 3.27. The standard InChI is InChI=1S/C21H21Cl2N3O4/c1-30-18-7-6-16(23)12-17(18)20(28)25-24-19(27)13-8-10-26(11-9-13)21(29)14-2-4-15(22)5-3-14/h2-7,12-13H,8-11H2,1H3,(H,24,27)(H,25,28). The molecule has 0 aliphatic carbocycles. The molecular weight excluding hydrogens is 429 g/mol. The number of nitrogens with one attached hydrogen (secondary N) is 2. The maximum absolute atomic E-state index is 12.5. The summed E-state index contributed by atoms with van der Waals surface area (Å²) in [5, 5.41) is 0.948. The van der Waals surface area contributed by atoms with Gasteiger partial charge in [0.1, 0.15) is 5.75 Å². The Morgan fingerprint density at radius 3 is 2.23 bits per heavy atom. The molecule has 9 heteroatoms. The summed E-state index contributed by atoms with van der Waals surface area (Å²) in [6.45, 7) is 0.908. The van der Waals surface area contributed by atoms with Gasteiger partial charge < -0.3 is 9.64 Å². The predicted octanol–water partition coefficient (Wildman–Crippen LogP) is 3.32. The number of hydrogen-bond acceptors (Lipinski definition) is 4. The summed E-state index contributed by atoms with van der Waals surface area (Å²) in [6.07, 6.45) is 1.00. The molecule has 0 aromatic heterocycles. The number of amides is 3. The minimum atomic E-state index is -0.530. The molecule has 1 fully saturated rings. The normalized spacial score (nSPS) is 14.2. The maximum Gasteiger partial charge on any atom is 0.273 e. The molecule has 30 heavy (non-hydrogen) atoms. The summed E-state index contributed by atoms with van der Waals surface area (Å²) in [7, 11) is 1.44. The third-order valence-electron chi connectivity index (χ3n) is 4.95. The average Bonchev–Trinajstić information content (AvgIpc) is 2.77. The number of carbonyl (C=O) groups excluding carboxylic acids is 3. The van der Waals surface area contributed by atoms with Crippen molar-refractivity contribution in [2.75, 3.05) is 20.2 Å². The maximum atomic E-state index is 12.5. The van der Waals surface area contributed by atoms with Crippen LogP contribution in [0.25, 0.3) is 0 Å². The minimum Gasteiger partial charge on any atom is -0.496 e. The Labute approximate surface area is 184 Å². The summed E-state index contributed by atoms with van der Waals surface area (Å²) in [6, 6.07) is 11.4. The third-order valence-corrected chi connectivity index (χ3v) is 5.44. The van der Waals surface area contributed by atoms with Gasteiger partial charge in [-0.2, -0.15) is 0 Å². The van der Waals surface area contributed by atoms with Gasteiger partial charge in [0, 0.05) is 34.6 Å². The zero-order valence-electron chi connectivity index (χ0n) is 16.3. The molecule has 0 unspecified atom stereocenters. The van der Waals surface area contributed by atoms with E-state index >= 15 is 0 Å². The lowest BCUT2D eigenvalue weighted by atomic mass is 9.95. The van der Waals surface area contributed by atoms with Crippen molar-refractivity contribution in [2.24, 2.45) is 5.92 Å². The number of hydrazine groups is 1. The summed E-state index contributed by atoms with van der Waals surface area (Å²) in [5.74, 6) is -0.881. The van der Waals surface area contributed by atoms with E-state index in [0.29, 0.717) is 47.3 Å². The molecule has 3 rings (SSSR count). The monoisotopic (exact) mass is 449 g/mol. The van der Waals surface area contributed by atoms with E-state index in [1.54, 1.807) is 41.3 Å². The van der Waals surface area contributed by atoms with Crippen LogP contribution in [0.3, 0.4) is 0 Å². The van der Waals surface area contributed by atoms with Gasteiger partial charge >= 0.3 is 0 Å². The van der Waals surface area contributed by atoms with Crippen molar-refractivity contribution in [3.8, 4) is 5.75 Å². The lowest BCUT2D eigenvalue weighted by Crippen LogP contribution is -2.48. The lowest BCUT2D eigenvalue weighted by molar-refractivity contribution is -0.127. The number of carbonyl (C=O) groups is 3. The Kier molecular flexibility index (Phi) is 7.18. The van der Waals surface area contributed by atoms with Crippen molar-refractivity contribution >= 4 is 40.9 Å². The minimum absolute atomic E-state index is 0.0909. The molecule has 1 aliphatic rings. The van der Waals surface area contributed by atoms with Crippen LogP contribution in [0.4, 0.5) is 0 Å². The third kappa shape index (κ3) is 5.23. The molecule has 0 bridgehead atoms.